The number of alkyl halides is 2. The molecule has 6 heteroatoms. The molecule has 1 saturated carbocycles. The fraction of sp³-hybridized carbons (Fsp3) is 0.800. The summed E-state index contributed by atoms with van der Waals surface area (Å²) >= 11 is 11.6. The summed E-state index contributed by atoms with van der Waals surface area (Å²) in [5.41, 5.74) is -0.828. The molecule has 2 rings (SSSR count). The van der Waals surface area contributed by atoms with Gasteiger partial charge in [-0.25, -0.2) is 0 Å². The first-order valence-corrected chi connectivity index (χ1v) is 5.92. The SMILES string of the molecule is CC1(C(=O)O)CCN(C(=O)C2CC2(Cl)Cl)C1. The van der Waals surface area contributed by atoms with E-state index in [0.717, 1.165) is 0 Å². The molecule has 1 N–H and O–H groups in total. The van der Waals surface area contributed by atoms with Crippen LogP contribution in [0.3, 0.4) is 0 Å². The Morgan fingerprint density at radius 1 is 1.44 bits per heavy atom. The van der Waals surface area contributed by atoms with E-state index in [2.05, 4.69) is 0 Å². The highest BCUT2D eigenvalue weighted by atomic mass is 35.5. The van der Waals surface area contributed by atoms with E-state index in [9.17, 15) is 9.59 Å². The van der Waals surface area contributed by atoms with Gasteiger partial charge in [-0.1, -0.05) is 0 Å². The van der Waals surface area contributed by atoms with Crippen molar-refractivity contribution < 1.29 is 14.7 Å². The van der Waals surface area contributed by atoms with Gasteiger partial charge in [0.2, 0.25) is 5.91 Å². The Hall–Kier alpha value is -0.480. The van der Waals surface area contributed by atoms with Gasteiger partial charge in [0.1, 0.15) is 4.33 Å². The van der Waals surface area contributed by atoms with Crippen molar-refractivity contribution in [3.05, 3.63) is 0 Å². The second kappa shape index (κ2) is 3.50. The Morgan fingerprint density at radius 2 is 2.00 bits per heavy atom. The zero-order valence-electron chi connectivity index (χ0n) is 8.87. The molecule has 0 radical (unpaired) electrons. The van der Waals surface area contributed by atoms with E-state index >= 15 is 0 Å². The third-order valence-corrected chi connectivity index (χ3v) is 4.26. The molecule has 2 aliphatic rings. The third-order valence-electron chi connectivity index (χ3n) is 3.43. The Balaban J connectivity index is 2.00. The van der Waals surface area contributed by atoms with Crippen molar-refractivity contribution in [1.29, 1.82) is 0 Å². The molecule has 2 unspecified atom stereocenters. The highest BCUT2D eigenvalue weighted by molar-refractivity contribution is 6.52. The van der Waals surface area contributed by atoms with Crippen molar-refractivity contribution in [3.8, 4) is 0 Å². The van der Waals surface area contributed by atoms with Gasteiger partial charge in [-0.05, 0) is 19.8 Å². The summed E-state index contributed by atoms with van der Waals surface area (Å²) in [6, 6.07) is 0. The molecule has 0 aromatic carbocycles. The molecule has 1 heterocycles. The average Bonchev–Trinajstić information content (AvgIpc) is 2.62. The molecule has 1 amide bonds. The number of hydrogen-bond acceptors (Lipinski definition) is 2. The fourth-order valence-corrected chi connectivity index (χ4v) is 2.52. The number of rotatable bonds is 2. The number of carbonyl (C=O) groups is 2. The summed E-state index contributed by atoms with van der Waals surface area (Å²) in [5, 5.41) is 9.04. The van der Waals surface area contributed by atoms with E-state index in [1.807, 2.05) is 0 Å². The first-order chi connectivity index (χ1) is 7.26. The molecule has 1 aliphatic carbocycles. The molecule has 0 aromatic rings. The summed E-state index contributed by atoms with van der Waals surface area (Å²) in [6.45, 7) is 2.38. The number of carboxylic acids is 1. The van der Waals surface area contributed by atoms with Crippen LogP contribution in [0.25, 0.3) is 0 Å². The first-order valence-electron chi connectivity index (χ1n) is 5.16. The zero-order valence-corrected chi connectivity index (χ0v) is 10.4. The van der Waals surface area contributed by atoms with Crippen LogP contribution in [0.4, 0.5) is 0 Å². The Bertz CT molecular complexity index is 358. The molecule has 1 aliphatic heterocycles. The number of nitrogens with zero attached hydrogens (tertiary/aromatic N) is 1. The van der Waals surface area contributed by atoms with Gasteiger partial charge in [-0.3, -0.25) is 9.59 Å². The van der Waals surface area contributed by atoms with E-state index in [-0.39, 0.29) is 18.4 Å². The van der Waals surface area contributed by atoms with Crippen molar-refractivity contribution in [3.63, 3.8) is 0 Å². The number of carbonyl (C=O) groups excluding carboxylic acids is 1. The van der Waals surface area contributed by atoms with E-state index in [1.165, 1.54) is 0 Å². The van der Waals surface area contributed by atoms with Gasteiger partial charge >= 0.3 is 5.97 Å². The molecule has 2 fully saturated rings. The van der Waals surface area contributed by atoms with Gasteiger partial charge in [0.05, 0.1) is 11.3 Å². The van der Waals surface area contributed by atoms with Crippen LogP contribution >= 0.6 is 23.2 Å². The van der Waals surface area contributed by atoms with Gasteiger partial charge in [0, 0.05) is 13.1 Å². The Labute approximate surface area is 103 Å². The molecular formula is C10H13Cl2NO3. The van der Waals surface area contributed by atoms with Gasteiger partial charge in [0.25, 0.3) is 0 Å². The molecule has 4 nitrogen and oxygen atoms in total. The molecule has 2 atom stereocenters. The lowest BCUT2D eigenvalue weighted by molar-refractivity contribution is -0.147. The highest BCUT2D eigenvalue weighted by Crippen LogP contribution is 2.54. The predicted octanol–water partition coefficient (Wildman–Crippen LogP) is 1.50. The normalized spacial score (nSPS) is 36.2. The van der Waals surface area contributed by atoms with Crippen molar-refractivity contribution in [2.45, 2.75) is 24.1 Å². The van der Waals surface area contributed by atoms with Gasteiger partial charge in [-0.2, -0.15) is 0 Å². The van der Waals surface area contributed by atoms with Crippen LogP contribution in [0.15, 0.2) is 0 Å². The first kappa shape index (κ1) is 12.0. The summed E-state index contributed by atoms with van der Waals surface area (Å²) < 4.78 is -0.931. The number of likely N-dealkylation sites (tertiary alicyclic amines) is 1. The lowest BCUT2D eigenvalue weighted by Gasteiger charge is -2.20. The monoisotopic (exact) mass is 265 g/mol. The molecule has 16 heavy (non-hydrogen) atoms. The van der Waals surface area contributed by atoms with Crippen LogP contribution in [0.1, 0.15) is 19.8 Å². The molecule has 1 saturated heterocycles. The minimum Gasteiger partial charge on any atom is -0.481 e. The lowest BCUT2D eigenvalue weighted by atomic mass is 9.90. The smallest absolute Gasteiger partial charge is 0.311 e. The topological polar surface area (TPSA) is 57.6 Å². The summed E-state index contributed by atoms with van der Waals surface area (Å²) in [5.74, 6) is -1.33. The van der Waals surface area contributed by atoms with Crippen LogP contribution in [-0.2, 0) is 9.59 Å². The zero-order chi connectivity index (χ0) is 12.1. The van der Waals surface area contributed by atoms with Crippen LogP contribution in [0.5, 0.6) is 0 Å². The van der Waals surface area contributed by atoms with Crippen LogP contribution < -0.4 is 0 Å². The van der Waals surface area contributed by atoms with Gasteiger partial charge in [0.15, 0.2) is 0 Å². The quantitative estimate of drug-likeness (QED) is 0.770. The number of amides is 1. The summed E-state index contributed by atoms with van der Waals surface area (Å²) in [7, 11) is 0. The second-order valence-corrected chi connectivity index (χ2v) is 6.44. The second-order valence-electron chi connectivity index (χ2n) is 4.89. The lowest BCUT2D eigenvalue weighted by Crippen LogP contribution is -2.36. The predicted molar refractivity (Wildman–Crippen MR) is 59.5 cm³/mol. The standard InChI is InChI=1S/C10H13Cl2NO3/c1-9(8(15)16)2-3-13(5-9)7(14)6-4-10(6,11)12/h6H,2-5H2,1H3,(H,15,16). The van der Waals surface area contributed by atoms with E-state index in [0.29, 0.717) is 19.4 Å². The van der Waals surface area contributed by atoms with Crippen LogP contribution in [0.2, 0.25) is 0 Å². The maximum atomic E-state index is 11.9. The number of carboxylic acid groups (broad SMARTS) is 1. The maximum Gasteiger partial charge on any atom is 0.311 e. The Kier molecular flexibility index (Phi) is 2.63. The van der Waals surface area contributed by atoms with Gasteiger partial charge < -0.3 is 10.0 Å². The molecule has 0 bridgehead atoms. The molecular weight excluding hydrogens is 253 g/mol. The molecule has 0 spiro atoms. The Morgan fingerprint density at radius 3 is 2.38 bits per heavy atom. The van der Waals surface area contributed by atoms with E-state index < -0.39 is 15.7 Å². The van der Waals surface area contributed by atoms with Crippen molar-refractivity contribution in [2.24, 2.45) is 11.3 Å². The third kappa shape index (κ3) is 1.89. The van der Waals surface area contributed by atoms with E-state index in [1.54, 1.807) is 11.8 Å². The number of halogens is 2. The molecule has 90 valence electrons. The van der Waals surface area contributed by atoms with Crippen LogP contribution in [0, 0.1) is 11.3 Å². The number of aliphatic carboxylic acids is 1. The van der Waals surface area contributed by atoms with Crippen molar-refractivity contribution >= 4 is 35.1 Å². The van der Waals surface area contributed by atoms with Crippen LogP contribution in [-0.4, -0.2) is 39.3 Å². The van der Waals surface area contributed by atoms with E-state index in [4.69, 9.17) is 28.3 Å². The molecule has 0 aromatic heterocycles. The summed E-state index contributed by atoms with van der Waals surface area (Å²) in [6.07, 6.45) is 0.952. The van der Waals surface area contributed by atoms with Gasteiger partial charge in [-0.15, -0.1) is 23.2 Å². The minimum absolute atomic E-state index is 0.116. The summed E-state index contributed by atoms with van der Waals surface area (Å²) in [4.78, 5) is 24.5. The minimum atomic E-state index is -0.931. The highest BCUT2D eigenvalue weighted by Gasteiger charge is 2.58. The maximum absolute atomic E-state index is 11.9. The van der Waals surface area contributed by atoms with Crippen molar-refractivity contribution in [1.82, 2.24) is 4.90 Å². The fourth-order valence-electron chi connectivity index (χ4n) is 2.03. The number of hydrogen-bond donors (Lipinski definition) is 1. The van der Waals surface area contributed by atoms with Crippen molar-refractivity contribution in [2.75, 3.05) is 13.1 Å². The largest absolute Gasteiger partial charge is 0.481 e. The average molecular weight is 266 g/mol.